The molecule has 1 aliphatic rings. The third-order valence-electron chi connectivity index (χ3n) is 4.27. The molecule has 1 atom stereocenters. The first kappa shape index (κ1) is 18.8. The highest BCUT2D eigenvalue weighted by Crippen LogP contribution is 2.24. The number of carbonyl (C=O) groups excluding carboxylic acids is 2. The molecule has 1 aromatic carbocycles. The molecule has 1 aliphatic heterocycles. The fourth-order valence-electron chi connectivity index (χ4n) is 2.94. The molecule has 1 N–H and O–H groups in total. The first-order valence-electron chi connectivity index (χ1n) is 8.47. The van der Waals surface area contributed by atoms with Crippen molar-refractivity contribution in [3.05, 3.63) is 35.9 Å². The van der Waals surface area contributed by atoms with Gasteiger partial charge in [0.05, 0.1) is 13.0 Å². The zero-order valence-corrected chi connectivity index (χ0v) is 14.4. The van der Waals surface area contributed by atoms with Crippen molar-refractivity contribution in [1.29, 1.82) is 0 Å². The molecule has 0 aliphatic carbocycles. The molecule has 136 valence electrons. The molecule has 1 fully saturated rings. The van der Waals surface area contributed by atoms with E-state index in [2.05, 4.69) is 0 Å². The molecule has 0 spiro atoms. The van der Waals surface area contributed by atoms with Crippen molar-refractivity contribution in [2.75, 3.05) is 32.8 Å². The van der Waals surface area contributed by atoms with E-state index in [1.807, 2.05) is 30.3 Å². The van der Waals surface area contributed by atoms with Gasteiger partial charge in [-0.25, -0.2) is 4.79 Å². The van der Waals surface area contributed by atoms with Crippen LogP contribution in [-0.2, 0) is 14.3 Å². The van der Waals surface area contributed by atoms with Gasteiger partial charge in [0.25, 0.3) is 0 Å². The van der Waals surface area contributed by atoms with Crippen LogP contribution in [0.25, 0.3) is 0 Å². The predicted molar refractivity (Wildman–Crippen MR) is 91.2 cm³/mol. The van der Waals surface area contributed by atoms with Gasteiger partial charge in [-0.15, -0.1) is 0 Å². The van der Waals surface area contributed by atoms with Crippen LogP contribution in [0.1, 0.15) is 31.2 Å². The second kappa shape index (κ2) is 9.05. The monoisotopic (exact) mass is 348 g/mol. The van der Waals surface area contributed by atoms with Crippen LogP contribution in [-0.4, -0.2) is 65.7 Å². The molecule has 0 aromatic heterocycles. The molecule has 7 heteroatoms. The molecular formula is C18H24N2O5. The van der Waals surface area contributed by atoms with E-state index in [0.29, 0.717) is 32.8 Å². The van der Waals surface area contributed by atoms with E-state index in [1.165, 1.54) is 0 Å². The summed E-state index contributed by atoms with van der Waals surface area (Å²) in [5, 5.41) is 9.13. The van der Waals surface area contributed by atoms with Crippen LogP contribution in [0.4, 0.5) is 4.79 Å². The molecule has 7 nitrogen and oxygen atoms in total. The van der Waals surface area contributed by atoms with Crippen LogP contribution in [0, 0.1) is 0 Å². The molecule has 1 heterocycles. The van der Waals surface area contributed by atoms with Crippen molar-refractivity contribution in [1.82, 2.24) is 9.80 Å². The summed E-state index contributed by atoms with van der Waals surface area (Å²) >= 11 is 0. The van der Waals surface area contributed by atoms with E-state index < -0.39 is 5.97 Å². The number of nitrogens with zero attached hydrogens (tertiary/aromatic N) is 2. The molecule has 0 bridgehead atoms. The molecule has 1 saturated heterocycles. The van der Waals surface area contributed by atoms with E-state index in [4.69, 9.17) is 9.84 Å². The van der Waals surface area contributed by atoms with Gasteiger partial charge in [0, 0.05) is 38.5 Å². The number of rotatable bonds is 6. The summed E-state index contributed by atoms with van der Waals surface area (Å²) < 4.78 is 4.96. The number of benzene rings is 1. The average molecular weight is 348 g/mol. The fourth-order valence-corrected chi connectivity index (χ4v) is 2.94. The SMILES string of the molecule is CCOC(=O)N1CCN(C(=O)C[C@@H](CC(=O)O)c2ccccc2)CC1. The van der Waals surface area contributed by atoms with Crippen molar-refractivity contribution in [3.8, 4) is 0 Å². The van der Waals surface area contributed by atoms with E-state index >= 15 is 0 Å². The van der Waals surface area contributed by atoms with Gasteiger partial charge >= 0.3 is 12.1 Å². The number of piperazine rings is 1. The lowest BCUT2D eigenvalue weighted by atomic mass is 9.92. The van der Waals surface area contributed by atoms with Crippen LogP contribution < -0.4 is 0 Å². The lowest BCUT2D eigenvalue weighted by Gasteiger charge is -2.34. The lowest BCUT2D eigenvalue weighted by molar-refractivity contribution is -0.138. The number of carbonyl (C=O) groups is 3. The number of aliphatic carboxylic acids is 1. The van der Waals surface area contributed by atoms with Gasteiger partial charge in [0.15, 0.2) is 0 Å². The van der Waals surface area contributed by atoms with Crippen LogP contribution in [0.15, 0.2) is 30.3 Å². The molecule has 25 heavy (non-hydrogen) atoms. The summed E-state index contributed by atoms with van der Waals surface area (Å²) in [6.07, 6.45) is -0.295. The largest absolute Gasteiger partial charge is 0.481 e. The highest BCUT2D eigenvalue weighted by molar-refractivity contribution is 5.79. The Bertz CT molecular complexity index is 597. The highest BCUT2D eigenvalue weighted by atomic mass is 16.6. The van der Waals surface area contributed by atoms with Crippen molar-refractivity contribution in [2.45, 2.75) is 25.7 Å². The van der Waals surface area contributed by atoms with Crippen molar-refractivity contribution in [2.24, 2.45) is 0 Å². The Balaban J connectivity index is 1.93. The first-order chi connectivity index (χ1) is 12.0. The predicted octanol–water partition coefficient (Wildman–Crippen LogP) is 1.94. The smallest absolute Gasteiger partial charge is 0.409 e. The number of hydrogen-bond donors (Lipinski definition) is 1. The van der Waals surface area contributed by atoms with Gasteiger partial charge < -0.3 is 19.6 Å². The summed E-state index contributed by atoms with van der Waals surface area (Å²) in [4.78, 5) is 38.7. The zero-order chi connectivity index (χ0) is 18.2. The van der Waals surface area contributed by atoms with E-state index in [0.717, 1.165) is 5.56 Å². The Labute approximate surface area is 147 Å². The average Bonchev–Trinajstić information content (AvgIpc) is 2.62. The van der Waals surface area contributed by atoms with Gasteiger partial charge in [-0.1, -0.05) is 30.3 Å². The zero-order valence-electron chi connectivity index (χ0n) is 14.4. The fraction of sp³-hybridized carbons (Fsp3) is 0.500. The van der Waals surface area contributed by atoms with Crippen LogP contribution in [0.3, 0.4) is 0 Å². The Kier molecular flexibility index (Phi) is 6.80. The molecule has 0 radical (unpaired) electrons. The maximum Gasteiger partial charge on any atom is 0.409 e. The van der Waals surface area contributed by atoms with Crippen molar-refractivity contribution < 1.29 is 24.2 Å². The molecular weight excluding hydrogens is 324 g/mol. The summed E-state index contributed by atoms with van der Waals surface area (Å²) in [6.45, 7) is 3.81. The number of carboxylic acid groups (broad SMARTS) is 1. The lowest BCUT2D eigenvalue weighted by Crippen LogP contribution is -2.50. The maximum absolute atomic E-state index is 12.6. The molecule has 1 aromatic rings. The van der Waals surface area contributed by atoms with Gasteiger partial charge in [-0.05, 0) is 12.5 Å². The quantitative estimate of drug-likeness (QED) is 0.849. The Morgan fingerprint density at radius 1 is 1.04 bits per heavy atom. The van der Waals surface area contributed by atoms with E-state index in [1.54, 1.807) is 16.7 Å². The number of hydrogen-bond acceptors (Lipinski definition) is 4. The third-order valence-corrected chi connectivity index (χ3v) is 4.27. The molecule has 0 unspecified atom stereocenters. The van der Waals surface area contributed by atoms with Gasteiger partial charge in [-0.2, -0.15) is 0 Å². The molecule has 2 rings (SSSR count). The van der Waals surface area contributed by atoms with E-state index in [-0.39, 0.29) is 30.8 Å². The topological polar surface area (TPSA) is 87.2 Å². The molecule has 0 saturated carbocycles. The number of carboxylic acids is 1. The summed E-state index contributed by atoms with van der Waals surface area (Å²) in [7, 11) is 0. The summed E-state index contributed by atoms with van der Waals surface area (Å²) in [5.74, 6) is -1.36. The molecule has 2 amide bonds. The Morgan fingerprint density at radius 2 is 1.64 bits per heavy atom. The summed E-state index contributed by atoms with van der Waals surface area (Å²) in [5.41, 5.74) is 0.850. The van der Waals surface area contributed by atoms with Gasteiger partial charge in [0.2, 0.25) is 5.91 Å². The minimum atomic E-state index is -0.922. The van der Waals surface area contributed by atoms with Crippen LogP contribution in [0.2, 0.25) is 0 Å². The first-order valence-corrected chi connectivity index (χ1v) is 8.47. The second-order valence-electron chi connectivity index (χ2n) is 5.98. The minimum Gasteiger partial charge on any atom is -0.481 e. The van der Waals surface area contributed by atoms with Gasteiger partial charge in [-0.3, -0.25) is 9.59 Å². The Hall–Kier alpha value is -2.57. The van der Waals surface area contributed by atoms with Crippen LogP contribution in [0.5, 0.6) is 0 Å². The maximum atomic E-state index is 12.6. The second-order valence-corrected chi connectivity index (χ2v) is 5.98. The number of ether oxygens (including phenoxy) is 1. The van der Waals surface area contributed by atoms with Gasteiger partial charge in [0.1, 0.15) is 0 Å². The number of amides is 2. The minimum absolute atomic E-state index is 0.0846. The third kappa shape index (κ3) is 5.48. The summed E-state index contributed by atoms with van der Waals surface area (Å²) in [6, 6.07) is 9.23. The van der Waals surface area contributed by atoms with E-state index in [9.17, 15) is 14.4 Å². The highest BCUT2D eigenvalue weighted by Gasteiger charge is 2.27. The van der Waals surface area contributed by atoms with Crippen molar-refractivity contribution >= 4 is 18.0 Å². The Morgan fingerprint density at radius 3 is 2.20 bits per heavy atom. The standard InChI is InChI=1S/C18H24N2O5/c1-2-25-18(24)20-10-8-19(9-11-20)16(21)12-15(13-17(22)23)14-6-4-3-5-7-14/h3-7,15H,2,8-13H2,1H3,(H,22,23)/t15-/m0/s1. The van der Waals surface area contributed by atoms with Crippen molar-refractivity contribution in [3.63, 3.8) is 0 Å². The normalized spacial score (nSPS) is 15.6. The van der Waals surface area contributed by atoms with Crippen LogP contribution >= 0.6 is 0 Å².